The van der Waals surface area contributed by atoms with E-state index in [0.717, 1.165) is 74.8 Å². The lowest BCUT2D eigenvalue weighted by atomic mass is 9.51. The summed E-state index contributed by atoms with van der Waals surface area (Å²) in [6, 6.07) is 14.9. The maximum atomic E-state index is 16.7. The molecule has 18 atom stereocenters. The summed E-state index contributed by atoms with van der Waals surface area (Å²) in [5.41, 5.74) is 10.3. The molecule has 7 heterocycles. The van der Waals surface area contributed by atoms with E-state index >= 15 is 28.8 Å². The van der Waals surface area contributed by atoms with Crippen LogP contribution in [0.25, 0.3) is 11.1 Å². The average Bonchev–Trinajstić information content (AvgIpc) is 0.759. The number of fused-ring (bicyclic) bond motifs is 15. The number of halogens is 2. The Morgan fingerprint density at radius 1 is 0.693 bits per heavy atom. The Balaban J connectivity index is 0.938. The monoisotopic (exact) mass is 1800 g/mol. The van der Waals surface area contributed by atoms with Crippen molar-refractivity contribution >= 4 is 76.2 Å². The third-order valence-electron chi connectivity index (χ3n) is 26.1. The van der Waals surface area contributed by atoms with E-state index in [0.29, 0.717) is 43.5 Å². The number of amides is 6. The Morgan fingerprint density at radius 3 is 1.96 bits per heavy atom. The number of carbonyl (C=O) groups excluding carboxylic acids is 9. The van der Waals surface area contributed by atoms with Crippen LogP contribution in [-0.2, 0) is 59.0 Å². The molecule has 15 bridgehead atoms. The van der Waals surface area contributed by atoms with E-state index in [9.17, 15) is 55.2 Å². The molecule has 0 unspecified atom stereocenters. The number of unbranched alkanes of at least 4 members (excludes halogenated alkanes) is 1. The minimum Gasteiger partial charge on any atom is -0.507 e. The fourth-order valence-electron chi connectivity index (χ4n) is 19.6. The Labute approximate surface area is 743 Å². The molecular weight excluding hydrogens is 1690 g/mol. The SMILES string of the molecule is CCCCOc1ccc(CCNC(=O)Oc2cc(O)c3c(c2)[C@@H](C(=O)CC2C4CC5CC(C4)CC2C5)NC(=O)[C@H]2NC(=O)[C@H](CC(=O)[C@@H]4NC(=O)[C@H](CC(N)=O)CC(=O)[C@H](NC(=O)[C@H](CC)CC(C)C)[C@H](O)c5ccc(c(Cl)c5)Oc5cc4cc(c5O[C@@H]4O[C@H](CO)[C@@H](O)[C@H](O)[C@H]4O[C@H]4C[C@](C)(N)[C@H](O)[C@H](C)O4)Oc4ccc(cc4Cl)[C@H]2O)c2ccc(O)c-3c2)cc1. The van der Waals surface area contributed by atoms with Gasteiger partial charge in [-0.2, -0.15) is 0 Å². The maximum Gasteiger partial charge on any atom is 0.412 e. The highest BCUT2D eigenvalue weighted by molar-refractivity contribution is 6.32. The molecule has 0 aromatic heterocycles. The zero-order valence-electron chi connectivity index (χ0n) is 71.3. The van der Waals surface area contributed by atoms with Crippen molar-refractivity contribution in [2.24, 2.45) is 58.8 Å². The summed E-state index contributed by atoms with van der Waals surface area (Å²) in [4.78, 5) is 138. The molecule has 34 heteroatoms. The molecule has 11 aliphatic rings. The number of Topliss-reactive ketones (excluding diaryl/α,β-unsaturated/α-hetero) is 3. The van der Waals surface area contributed by atoms with Gasteiger partial charge in [0.25, 0.3) is 0 Å². The number of ketones is 3. The van der Waals surface area contributed by atoms with Crippen molar-refractivity contribution in [3.63, 3.8) is 0 Å². The van der Waals surface area contributed by atoms with Crippen molar-refractivity contribution in [1.82, 2.24) is 26.6 Å². The lowest BCUT2D eigenvalue weighted by Crippen LogP contribution is -2.64. The minimum atomic E-state index is -2.20. The average molecular weight is 1800 g/mol. The number of nitrogens with one attached hydrogen (secondary N) is 5. The predicted molar refractivity (Wildman–Crippen MR) is 458 cm³/mol. The van der Waals surface area contributed by atoms with E-state index in [-0.39, 0.29) is 109 Å². The Morgan fingerprint density at radius 2 is 1.35 bits per heavy atom. The molecule has 32 nitrogen and oxygen atoms in total. The molecule has 6 amide bonds. The number of hydrogen-bond donors (Lipinski definition) is 15. The third kappa shape index (κ3) is 20.8. The number of aliphatic hydroxyl groups is 6. The Kier molecular flexibility index (Phi) is 28.9. The molecule has 7 aliphatic heterocycles. The van der Waals surface area contributed by atoms with Gasteiger partial charge < -0.3 is 117 Å². The fraction of sp³-hybridized carbons (Fsp3) is 0.516. The summed E-state index contributed by atoms with van der Waals surface area (Å²) in [5, 5.41) is 109. The number of carbonyl (C=O) groups is 9. The third-order valence-corrected chi connectivity index (χ3v) is 26.7. The van der Waals surface area contributed by atoms with Gasteiger partial charge in [-0.05, 0) is 207 Å². The second kappa shape index (κ2) is 39.5. The van der Waals surface area contributed by atoms with Crippen molar-refractivity contribution in [2.75, 3.05) is 19.8 Å². The fourth-order valence-corrected chi connectivity index (χ4v) is 20.1. The molecule has 127 heavy (non-hydrogen) atoms. The van der Waals surface area contributed by atoms with Crippen molar-refractivity contribution in [1.29, 1.82) is 0 Å². The van der Waals surface area contributed by atoms with E-state index in [1.165, 1.54) is 68.4 Å². The maximum absolute atomic E-state index is 16.7. The van der Waals surface area contributed by atoms with Crippen LogP contribution in [0, 0.1) is 47.3 Å². The van der Waals surface area contributed by atoms with Crippen molar-refractivity contribution in [2.45, 2.75) is 235 Å². The van der Waals surface area contributed by atoms with Crippen LogP contribution >= 0.6 is 23.2 Å². The molecule has 4 saturated carbocycles. The van der Waals surface area contributed by atoms with Crippen molar-refractivity contribution < 1.29 is 122 Å². The van der Waals surface area contributed by atoms with Gasteiger partial charge >= 0.3 is 6.09 Å². The number of aliphatic hydroxyl groups excluding tert-OH is 6. The summed E-state index contributed by atoms with van der Waals surface area (Å²) >= 11 is 14.6. The summed E-state index contributed by atoms with van der Waals surface area (Å²) in [6.45, 7) is 10.3. The van der Waals surface area contributed by atoms with Crippen molar-refractivity contribution in [3.8, 4) is 62.9 Å². The number of phenolic OH excluding ortho intramolecular Hbond substituents is 2. The Hall–Kier alpha value is -10.1. The van der Waals surface area contributed by atoms with Crippen LogP contribution in [0.2, 0.25) is 10.0 Å². The summed E-state index contributed by atoms with van der Waals surface area (Å²) < 4.78 is 50.9. The molecule has 682 valence electrons. The van der Waals surface area contributed by atoms with Gasteiger partial charge in [0.05, 0.1) is 47.3 Å². The zero-order valence-corrected chi connectivity index (χ0v) is 72.8. The smallest absolute Gasteiger partial charge is 0.412 e. The van der Waals surface area contributed by atoms with Gasteiger partial charge in [0.2, 0.25) is 41.6 Å². The van der Waals surface area contributed by atoms with Crippen LogP contribution in [0.4, 0.5) is 4.79 Å². The van der Waals surface area contributed by atoms with Crippen LogP contribution in [0.15, 0.2) is 103 Å². The van der Waals surface area contributed by atoms with Crippen LogP contribution in [-0.4, -0.2) is 180 Å². The second-order valence-electron chi connectivity index (χ2n) is 35.9. The van der Waals surface area contributed by atoms with E-state index in [2.05, 4.69) is 33.5 Å². The van der Waals surface area contributed by atoms with Gasteiger partial charge in [0.15, 0.2) is 41.2 Å². The molecule has 4 aliphatic carbocycles. The number of hydrogen-bond acceptors (Lipinski definition) is 26. The number of benzene rings is 6. The molecule has 0 radical (unpaired) electrons. The Bertz CT molecular complexity index is 5100. The molecule has 0 spiro atoms. The highest BCUT2D eigenvalue weighted by Crippen LogP contribution is 2.59. The van der Waals surface area contributed by atoms with Crippen LogP contribution in [0.5, 0.6) is 51.7 Å². The van der Waals surface area contributed by atoms with E-state index in [1.54, 1.807) is 6.92 Å². The highest BCUT2D eigenvalue weighted by atomic mass is 35.5. The van der Waals surface area contributed by atoms with Crippen LogP contribution < -0.4 is 61.7 Å². The van der Waals surface area contributed by atoms with E-state index in [4.69, 9.17) is 72.6 Å². The molecule has 6 aromatic carbocycles. The first kappa shape index (κ1) is 93.1. The molecule has 6 aromatic rings. The lowest BCUT2D eigenvalue weighted by molar-refractivity contribution is -0.333. The van der Waals surface area contributed by atoms with Gasteiger partial charge in [0.1, 0.15) is 89.2 Å². The summed E-state index contributed by atoms with van der Waals surface area (Å²) in [6.07, 6.45) is -14.1. The number of primary amides is 1. The quantitative estimate of drug-likeness (QED) is 0.0266. The predicted octanol–water partition coefficient (Wildman–Crippen LogP) is 9.27. The zero-order chi connectivity index (χ0) is 90.9. The highest BCUT2D eigenvalue weighted by Gasteiger charge is 2.53. The van der Waals surface area contributed by atoms with Crippen LogP contribution in [0.3, 0.4) is 0 Å². The van der Waals surface area contributed by atoms with E-state index < -0.39 is 216 Å². The molecule has 17 rings (SSSR count). The number of nitrogens with two attached hydrogens (primary N) is 2. The first-order valence-corrected chi connectivity index (χ1v) is 44.3. The largest absolute Gasteiger partial charge is 0.507 e. The van der Waals surface area contributed by atoms with Gasteiger partial charge in [-0.25, -0.2) is 4.79 Å². The summed E-state index contributed by atoms with van der Waals surface area (Å²) in [5.74, 6) is -15.0. The number of aromatic hydroxyl groups is 2. The van der Waals surface area contributed by atoms with Crippen LogP contribution in [0.1, 0.15) is 195 Å². The first-order valence-electron chi connectivity index (χ1n) is 43.5. The minimum absolute atomic E-state index is 0.0212. The first-order chi connectivity index (χ1) is 60.5. The summed E-state index contributed by atoms with van der Waals surface area (Å²) in [7, 11) is 0. The second-order valence-corrected chi connectivity index (χ2v) is 36.7. The molecule has 6 fully saturated rings. The standard InChI is InChI=1S/C93H111Cl2N7O25/c1-7-9-22-120-55-15-10-44(11-16-55)20-21-98-92(119)122-56-36-60-75(64(105)37-56)59-29-48(12-17-63(59)104)58-39-66(107)76-53-33-70(123-68-18-13-49(30-61(68)94)80(110)78(101-87(115)47(8-2)23-42(3)4)65(106)32-54(35-73(96)109)88(116)99-76)84(127-91-85(83(113)82(112)72(41-103)125-91)126-74-40-93(6,97)86(114)43(5)121-74)71(34-53)124-69-19-14-50(31-62(69)95)81(111)79(102-89(58)117)90(118)100-77(60)67(108)38-57-51-25-45-24-46(27-51)28-52(57)26-45/h10-19,29-31,33-34,36-37,42-43,45-47,51-52,54,57-58,72,74,76-83,85-86,91,103-105,110-114H,7-9,20-28,32,35,38-41,97H2,1-6H3,(H2,96,109)(H,98,119)(H,99,116)(H,100,118)(H,101,115)(H,102,117)/t43-,45?,46?,47+,51?,52?,54-,57?,58+,72+,74-,76+,77-,78-,79-,80+,81+,82+,83-,85+,86+,91-,93-/m0/s1. The molecule has 17 N–H and O–H groups in total. The van der Waals surface area contributed by atoms with Gasteiger partial charge in [0, 0.05) is 67.3 Å². The molecule has 2 saturated heterocycles. The van der Waals surface area contributed by atoms with E-state index in [1.807, 2.05) is 38.1 Å². The lowest BCUT2D eigenvalue weighted by Gasteiger charge is -2.54. The number of rotatable bonds is 23. The van der Waals surface area contributed by atoms with Gasteiger partial charge in [-0.15, -0.1) is 0 Å². The van der Waals surface area contributed by atoms with Gasteiger partial charge in [-0.1, -0.05) is 87.6 Å². The molecular formula is C93H111Cl2N7O25. The topological polar surface area (TPSA) is 502 Å². The number of ether oxygens (including phenoxy) is 8. The normalized spacial score (nSPS) is 30.2. The van der Waals surface area contributed by atoms with Crippen molar-refractivity contribution in [3.05, 3.63) is 147 Å². The van der Waals surface area contributed by atoms with Gasteiger partial charge in [-0.3, -0.25) is 38.4 Å². The number of phenols is 2.